The Hall–Kier alpha value is -2.33. The summed E-state index contributed by atoms with van der Waals surface area (Å²) in [5, 5.41) is 7.31. The van der Waals surface area contributed by atoms with Crippen LogP contribution in [0.2, 0.25) is 0 Å². The lowest BCUT2D eigenvalue weighted by Gasteiger charge is -2.08. The highest BCUT2D eigenvalue weighted by Gasteiger charge is 2.19. The standard InChI is InChI=1S/C16H19N5O3S2/c1-11(2)21-9-7-14(19-21)15(22)18-12-3-5-13(6-4-12)26(23,24)20-16-17-8-10-25-16/h3-7,9,11H,8,10H2,1-2H3,(H,17,20)(H,18,22). The lowest BCUT2D eigenvalue weighted by molar-refractivity contribution is 0.102. The second-order valence-corrected chi connectivity index (χ2v) is 8.66. The maximum atomic E-state index is 12.3. The number of nitrogens with one attached hydrogen (secondary N) is 2. The molecule has 0 saturated carbocycles. The minimum Gasteiger partial charge on any atom is -0.321 e. The van der Waals surface area contributed by atoms with Gasteiger partial charge in [-0.05, 0) is 44.2 Å². The molecule has 138 valence electrons. The maximum Gasteiger partial charge on any atom is 0.276 e. The predicted octanol–water partition coefficient (Wildman–Crippen LogP) is 2.10. The van der Waals surface area contributed by atoms with Gasteiger partial charge in [0.2, 0.25) is 0 Å². The zero-order chi connectivity index (χ0) is 18.7. The Morgan fingerprint density at radius 3 is 2.54 bits per heavy atom. The number of thioether (sulfide) groups is 1. The number of carbonyl (C=O) groups is 1. The fourth-order valence-electron chi connectivity index (χ4n) is 2.23. The van der Waals surface area contributed by atoms with E-state index in [2.05, 4.69) is 20.1 Å². The molecule has 0 spiro atoms. The Morgan fingerprint density at radius 1 is 1.23 bits per heavy atom. The van der Waals surface area contributed by atoms with Gasteiger partial charge in [0, 0.05) is 23.7 Å². The molecule has 0 unspecified atom stereocenters. The molecule has 0 aliphatic carbocycles. The van der Waals surface area contributed by atoms with Crippen molar-refractivity contribution in [2.75, 3.05) is 17.6 Å². The number of aliphatic imine (C=N–C) groups is 1. The Balaban J connectivity index is 1.67. The summed E-state index contributed by atoms with van der Waals surface area (Å²) in [5.41, 5.74) is 0.786. The van der Waals surface area contributed by atoms with Gasteiger partial charge in [0.25, 0.3) is 15.9 Å². The van der Waals surface area contributed by atoms with E-state index in [1.807, 2.05) is 13.8 Å². The van der Waals surface area contributed by atoms with Gasteiger partial charge in [-0.3, -0.25) is 19.2 Å². The molecule has 10 heteroatoms. The van der Waals surface area contributed by atoms with Crippen LogP contribution < -0.4 is 10.0 Å². The number of rotatable bonds is 5. The van der Waals surface area contributed by atoms with Gasteiger partial charge in [-0.2, -0.15) is 5.10 Å². The summed E-state index contributed by atoms with van der Waals surface area (Å²) in [5.74, 6) is 0.421. The van der Waals surface area contributed by atoms with Gasteiger partial charge >= 0.3 is 0 Å². The minimum atomic E-state index is -3.68. The normalized spacial score (nSPS) is 14.3. The van der Waals surface area contributed by atoms with E-state index in [0.717, 1.165) is 5.75 Å². The van der Waals surface area contributed by atoms with Gasteiger partial charge in [0.15, 0.2) is 10.9 Å². The van der Waals surface area contributed by atoms with Crippen molar-refractivity contribution in [2.45, 2.75) is 24.8 Å². The van der Waals surface area contributed by atoms with Gasteiger partial charge < -0.3 is 5.32 Å². The van der Waals surface area contributed by atoms with Crippen LogP contribution >= 0.6 is 11.8 Å². The first kappa shape index (κ1) is 18.5. The number of sulfonamides is 1. The topological polar surface area (TPSA) is 105 Å². The van der Waals surface area contributed by atoms with Crippen molar-refractivity contribution in [2.24, 2.45) is 4.99 Å². The van der Waals surface area contributed by atoms with Crippen molar-refractivity contribution in [3.05, 3.63) is 42.2 Å². The van der Waals surface area contributed by atoms with Gasteiger partial charge in [0.1, 0.15) is 0 Å². The molecule has 0 bridgehead atoms. The number of nitrogens with zero attached hydrogens (tertiary/aromatic N) is 3. The number of anilines is 1. The summed E-state index contributed by atoms with van der Waals surface area (Å²) in [7, 11) is -3.68. The lowest BCUT2D eigenvalue weighted by Crippen LogP contribution is -2.27. The molecule has 1 amide bonds. The Labute approximate surface area is 156 Å². The number of hydrogen-bond donors (Lipinski definition) is 2. The molecular weight excluding hydrogens is 374 g/mol. The summed E-state index contributed by atoms with van der Waals surface area (Å²) in [6.45, 7) is 4.55. The van der Waals surface area contributed by atoms with Gasteiger partial charge in [0.05, 0.1) is 11.4 Å². The van der Waals surface area contributed by atoms with Crippen LogP contribution in [0.15, 0.2) is 46.4 Å². The third kappa shape index (κ3) is 4.25. The Morgan fingerprint density at radius 2 is 1.96 bits per heavy atom. The van der Waals surface area contributed by atoms with Crippen LogP contribution in [-0.4, -0.2) is 41.6 Å². The fraction of sp³-hybridized carbons (Fsp3) is 0.312. The molecule has 1 aliphatic rings. The summed E-state index contributed by atoms with van der Waals surface area (Å²) in [4.78, 5) is 16.4. The molecule has 3 rings (SSSR count). The second-order valence-electron chi connectivity index (χ2n) is 5.89. The van der Waals surface area contributed by atoms with Gasteiger partial charge in [-0.25, -0.2) is 8.42 Å². The van der Waals surface area contributed by atoms with Crippen LogP contribution in [0.5, 0.6) is 0 Å². The SMILES string of the molecule is CC(C)n1ccc(C(=O)Nc2ccc(S(=O)(=O)NC3=NCCS3)cc2)n1. The summed E-state index contributed by atoms with van der Waals surface area (Å²) in [6, 6.07) is 7.75. The predicted molar refractivity (Wildman–Crippen MR) is 102 cm³/mol. The van der Waals surface area contributed by atoms with Crippen LogP contribution in [-0.2, 0) is 10.0 Å². The van der Waals surface area contributed by atoms with E-state index in [4.69, 9.17) is 0 Å². The molecule has 1 aromatic heterocycles. The zero-order valence-electron chi connectivity index (χ0n) is 14.3. The summed E-state index contributed by atoms with van der Waals surface area (Å²) < 4.78 is 28.8. The molecule has 1 aromatic carbocycles. The van der Waals surface area contributed by atoms with E-state index in [9.17, 15) is 13.2 Å². The highest BCUT2D eigenvalue weighted by molar-refractivity contribution is 8.15. The summed E-state index contributed by atoms with van der Waals surface area (Å²) in [6.07, 6.45) is 1.74. The number of amides is 1. The number of aromatic nitrogens is 2. The van der Waals surface area contributed by atoms with Crippen LogP contribution in [0.25, 0.3) is 0 Å². The quantitative estimate of drug-likeness (QED) is 0.809. The molecule has 26 heavy (non-hydrogen) atoms. The van der Waals surface area contributed by atoms with E-state index in [1.54, 1.807) is 16.9 Å². The third-order valence-electron chi connectivity index (χ3n) is 3.60. The molecule has 0 saturated heterocycles. The fourth-order valence-corrected chi connectivity index (χ4v) is 4.26. The molecule has 2 N–H and O–H groups in total. The highest BCUT2D eigenvalue weighted by atomic mass is 32.2. The molecule has 2 heterocycles. The van der Waals surface area contributed by atoms with E-state index in [-0.39, 0.29) is 16.8 Å². The molecule has 0 atom stereocenters. The molecular formula is C16H19N5O3S2. The third-order valence-corrected chi connectivity index (χ3v) is 5.98. The average Bonchev–Trinajstić information content (AvgIpc) is 3.26. The highest BCUT2D eigenvalue weighted by Crippen LogP contribution is 2.17. The van der Waals surface area contributed by atoms with Crippen molar-refractivity contribution < 1.29 is 13.2 Å². The van der Waals surface area contributed by atoms with Gasteiger partial charge in [-0.1, -0.05) is 11.8 Å². The van der Waals surface area contributed by atoms with E-state index >= 15 is 0 Å². The largest absolute Gasteiger partial charge is 0.321 e. The van der Waals surface area contributed by atoms with Crippen molar-refractivity contribution in [1.82, 2.24) is 14.5 Å². The molecule has 1 aliphatic heterocycles. The second kappa shape index (κ2) is 7.50. The summed E-state index contributed by atoms with van der Waals surface area (Å²) >= 11 is 1.37. The number of amidine groups is 1. The molecule has 0 radical (unpaired) electrons. The molecule has 0 fully saturated rings. The maximum absolute atomic E-state index is 12.3. The van der Waals surface area contributed by atoms with Crippen LogP contribution in [0.1, 0.15) is 30.4 Å². The van der Waals surface area contributed by atoms with E-state index in [1.165, 1.54) is 36.0 Å². The first-order valence-electron chi connectivity index (χ1n) is 8.02. The van der Waals surface area contributed by atoms with Gasteiger partial charge in [-0.15, -0.1) is 0 Å². The van der Waals surface area contributed by atoms with Crippen molar-refractivity contribution in [3.63, 3.8) is 0 Å². The molecule has 2 aromatic rings. The molecule has 8 nitrogen and oxygen atoms in total. The zero-order valence-corrected chi connectivity index (χ0v) is 16.0. The minimum absolute atomic E-state index is 0.106. The van der Waals surface area contributed by atoms with Crippen LogP contribution in [0.4, 0.5) is 5.69 Å². The number of hydrogen-bond acceptors (Lipinski definition) is 6. The van der Waals surface area contributed by atoms with Crippen LogP contribution in [0, 0.1) is 0 Å². The Kier molecular flexibility index (Phi) is 5.33. The Bertz CT molecular complexity index is 933. The number of benzene rings is 1. The van der Waals surface area contributed by atoms with E-state index in [0.29, 0.717) is 23.1 Å². The number of carbonyl (C=O) groups excluding carboxylic acids is 1. The first-order valence-corrected chi connectivity index (χ1v) is 10.5. The van der Waals surface area contributed by atoms with Crippen molar-refractivity contribution in [1.29, 1.82) is 0 Å². The average molecular weight is 393 g/mol. The van der Waals surface area contributed by atoms with Crippen molar-refractivity contribution in [3.8, 4) is 0 Å². The van der Waals surface area contributed by atoms with Crippen LogP contribution in [0.3, 0.4) is 0 Å². The van der Waals surface area contributed by atoms with Crippen molar-refractivity contribution >= 4 is 38.5 Å². The lowest BCUT2D eigenvalue weighted by atomic mass is 10.3. The first-order chi connectivity index (χ1) is 12.3. The monoisotopic (exact) mass is 393 g/mol. The van der Waals surface area contributed by atoms with E-state index < -0.39 is 10.0 Å². The smallest absolute Gasteiger partial charge is 0.276 e.